The summed E-state index contributed by atoms with van der Waals surface area (Å²) in [5, 5.41) is 0. The Hall–Kier alpha value is -2.17. The Labute approximate surface area is 113 Å². The largest absolute Gasteiger partial charge is 0.298 e. The second kappa shape index (κ2) is 6.84. The fourth-order valence-electron chi connectivity index (χ4n) is 1.36. The van der Waals surface area contributed by atoms with Crippen LogP contribution < -0.4 is 0 Å². The molecular weight excluding hydrogens is 272 g/mol. The second-order valence-electron chi connectivity index (χ2n) is 4.09. The van der Waals surface area contributed by atoms with Gasteiger partial charge in [0.2, 0.25) is 0 Å². The number of hydrogen-bond donors (Lipinski definition) is 0. The van der Waals surface area contributed by atoms with Gasteiger partial charge in [-0.1, -0.05) is 18.2 Å². The first-order valence-corrected chi connectivity index (χ1v) is 5.69. The Morgan fingerprint density at radius 1 is 0.800 bits per heavy atom. The minimum absolute atomic E-state index is 0.202. The zero-order valence-electron chi connectivity index (χ0n) is 10.9. The predicted octanol–water partition coefficient (Wildman–Crippen LogP) is 4.36. The van der Waals surface area contributed by atoms with Crippen LogP contribution in [-0.2, 0) is 0 Å². The number of aldehydes is 1. The number of aryl methyl sites for hydroxylation is 2. The Balaban J connectivity index is 0.000000204. The smallest absolute Gasteiger partial charge is 0.169 e. The van der Waals surface area contributed by atoms with Crippen molar-refractivity contribution in [2.75, 3.05) is 0 Å². The van der Waals surface area contributed by atoms with Crippen molar-refractivity contribution in [3.05, 3.63) is 70.3 Å². The van der Waals surface area contributed by atoms with Crippen LogP contribution in [0.5, 0.6) is 0 Å². The van der Waals surface area contributed by atoms with Gasteiger partial charge in [0.15, 0.2) is 29.6 Å². The quantitative estimate of drug-likeness (QED) is 0.561. The lowest BCUT2D eigenvalue weighted by atomic mass is 10.1. The molecule has 1 nitrogen and oxygen atoms in total. The van der Waals surface area contributed by atoms with E-state index in [0.29, 0.717) is 5.56 Å². The topological polar surface area (TPSA) is 17.1 Å². The molecule has 5 heteroatoms. The van der Waals surface area contributed by atoms with Crippen LogP contribution in [0.15, 0.2) is 30.3 Å². The van der Waals surface area contributed by atoms with Crippen molar-refractivity contribution in [3.8, 4) is 0 Å². The van der Waals surface area contributed by atoms with Crippen LogP contribution in [0.4, 0.5) is 17.6 Å². The molecule has 0 amide bonds. The molecule has 20 heavy (non-hydrogen) atoms. The minimum atomic E-state index is -1.07. The van der Waals surface area contributed by atoms with E-state index >= 15 is 0 Å². The van der Waals surface area contributed by atoms with Gasteiger partial charge in [-0.25, -0.2) is 17.6 Å². The minimum Gasteiger partial charge on any atom is -0.298 e. The summed E-state index contributed by atoms with van der Waals surface area (Å²) >= 11 is 0. The molecule has 0 aliphatic heterocycles. The summed E-state index contributed by atoms with van der Waals surface area (Å²) in [6, 6.07) is 6.72. The average Bonchev–Trinajstić information content (AvgIpc) is 2.43. The van der Waals surface area contributed by atoms with E-state index in [1.54, 1.807) is 0 Å². The number of benzene rings is 2. The predicted molar refractivity (Wildman–Crippen MR) is 67.6 cm³/mol. The van der Waals surface area contributed by atoms with E-state index in [2.05, 4.69) is 0 Å². The fourth-order valence-corrected chi connectivity index (χ4v) is 1.36. The van der Waals surface area contributed by atoms with E-state index < -0.39 is 23.3 Å². The molecule has 0 N–H and O–H groups in total. The Kier molecular flexibility index (Phi) is 5.43. The second-order valence-corrected chi connectivity index (χ2v) is 4.09. The molecule has 2 aromatic rings. The molecule has 0 saturated heterocycles. The lowest BCUT2D eigenvalue weighted by molar-refractivity contribution is 0.111. The molecule has 0 saturated carbocycles. The fraction of sp³-hybridized carbons (Fsp3) is 0.133. The maximum Gasteiger partial charge on any atom is 0.169 e. The molecule has 0 aliphatic rings. The monoisotopic (exact) mass is 284 g/mol. The van der Waals surface area contributed by atoms with Gasteiger partial charge in [-0.05, 0) is 37.1 Å². The van der Waals surface area contributed by atoms with Gasteiger partial charge in [0.05, 0.1) is 5.56 Å². The van der Waals surface area contributed by atoms with Crippen molar-refractivity contribution < 1.29 is 22.4 Å². The summed E-state index contributed by atoms with van der Waals surface area (Å²) in [7, 11) is 0. The van der Waals surface area contributed by atoms with E-state index in [4.69, 9.17) is 0 Å². The third kappa shape index (κ3) is 3.66. The summed E-state index contributed by atoms with van der Waals surface area (Å²) < 4.78 is 49.9. The van der Waals surface area contributed by atoms with Gasteiger partial charge in [-0.2, -0.15) is 0 Å². The molecule has 2 aromatic carbocycles. The molecule has 0 bridgehead atoms. The normalized spacial score (nSPS) is 9.70. The molecule has 2 rings (SSSR count). The van der Waals surface area contributed by atoms with Crippen molar-refractivity contribution in [2.24, 2.45) is 0 Å². The highest BCUT2D eigenvalue weighted by Crippen LogP contribution is 2.13. The standard InChI is InChI=1S/C8H6F2O.C7H6F2/c1-5-2-3-6(4-11)8(10)7(5)9;1-5-3-2-4-6(8)7(5)9/h2-4H,1H3;2-4H,1H3. The first-order valence-electron chi connectivity index (χ1n) is 5.69. The summed E-state index contributed by atoms with van der Waals surface area (Å²) in [5.41, 5.74) is 0.302. The first kappa shape index (κ1) is 15.9. The summed E-state index contributed by atoms with van der Waals surface area (Å²) in [5.74, 6) is -3.55. The third-order valence-corrected chi connectivity index (χ3v) is 2.58. The zero-order chi connectivity index (χ0) is 15.3. The van der Waals surface area contributed by atoms with E-state index in [-0.39, 0.29) is 17.4 Å². The molecule has 0 aliphatic carbocycles. The van der Waals surface area contributed by atoms with Gasteiger partial charge in [0.25, 0.3) is 0 Å². The third-order valence-electron chi connectivity index (χ3n) is 2.58. The summed E-state index contributed by atoms with van der Waals surface area (Å²) in [6.45, 7) is 2.96. The maximum absolute atomic E-state index is 12.7. The SMILES string of the molecule is Cc1ccc(C=O)c(F)c1F.Cc1cccc(F)c1F. The van der Waals surface area contributed by atoms with Gasteiger partial charge >= 0.3 is 0 Å². The van der Waals surface area contributed by atoms with Crippen LogP contribution in [0.3, 0.4) is 0 Å². The van der Waals surface area contributed by atoms with Crippen LogP contribution >= 0.6 is 0 Å². The Bertz CT molecular complexity index is 603. The van der Waals surface area contributed by atoms with E-state index in [9.17, 15) is 22.4 Å². The molecule has 0 aromatic heterocycles. The summed E-state index contributed by atoms with van der Waals surface area (Å²) in [4.78, 5) is 10.1. The van der Waals surface area contributed by atoms with Gasteiger partial charge in [0.1, 0.15) is 0 Å². The number of halogens is 4. The molecule has 0 atom stereocenters. The van der Waals surface area contributed by atoms with Crippen molar-refractivity contribution in [2.45, 2.75) is 13.8 Å². The first-order chi connectivity index (χ1) is 9.38. The highest BCUT2D eigenvalue weighted by Gasteiger charge is 2.08. The van der Waals surface area contributed by atoms with E-state index in [0.717, 1.165) is 6.07 Å². The Morgan fingerprint density at radius 3 is 1.90 bits per heavy atom. The van der Waals surface area contributed by atoms with Gasteiger partial charge in [0, 0.05) is 0 Å². The number of hydrogen-bond acceptors (Lipinski definition) is 1. The van der Waals surface area contributed by atoms with Crippen molar-refractivity contribution in [3.63, 3.8) is 0 Å². The maximum atomic E-state index is 12.7. The van der Waals surface area contributed by atoms with Crippen LogP contribution in [-0.4, -0.2) is 6.29 Å². The average molecular weight is 284 g/mol. The molecule has 0 radical (unpaired) electrons. The van der Waals surface area contributed by atoms with Crippen LogP contribution in [0, 0.1) is 37.1 Å². The zero-order valence-corrected chi connectivity index (χ0v) is 10.9. The molecule has 0 fully saturated rings. The van der Waals surface area contributed by atoms with Crippen molar-refractivity contribution >= 4 is 6.29 Å². The van der Waals surface area contributed by atoms with E-state index in [1.807, 2.05) is 0 Å². The van der Waals surface area contributed by atoms with Crippen LogP contribution in [0.1, 0.15) is 21.5 Å². The van der Waals surface area contributed by atoms with Gasteiger partial charge < -0.3 is 0 Å². The molecular formula is C15H12F4O. The number of carbonyl (C=O) groups excluding carboxylic acids is 1. The molecule has 0 spiro atoms. The summed E-state index contributed by atoms with van der Waals surface area (Å²) in [6.07, 6.45) is 0.290. The van der Waals surface area contributed by atoms with Gasteiger partial charge in [-0.15, -0.1) is 0 Å². The molecule has 0 unspecified atom stereocenters. The number of carbonyl (C=O) groups is 1. The molecule has 106 valence electrons. The van der Waals surface area contributed by atoms with Crippen molar-refractivity contribution in [1.29, 1.82) is 0 Å². The highest BCUT2D eigenvalue weighted by atomic mass is 19.2. The lowest BCUT2D eigenvalue weighted by Crippen LogP contribution is -1.94. The number of rotatable bonds is 1. The van der Waals surface area contributed by atoms with Crippen LogP contribution in [0.25, 0.3) is 0 Å². The highest BCUT2D eigenvalue weighted by molar-refractivity contribution is 5.75. The molecule has 0 heterocycles. The van der Waals surface area contributed by atoms with Gasteiger partial charge in [-0.3, -0.25) is 4.79 Å². The van der Waals surface area contributed by atoms with Crippen molar-refractivity contribution in [1.82, 2.24) is 0 Å². The van der Waals surface area contributed by atoms with E-state index in [1.165, 1.54) is 38.1 Å². The lowest BCUT2D eigenvalue weighted by Gasteiger charge is -1.98. The Morgan fingerprint density at radius 2 is 1.40 bits per heavy atom. The van der Waals surface area contributed by atoms with Crippen LogP contribution in [0.2, 0.25) is 0 Å².